The molecule has 1 unspecified atom stereocenters. The molecule has 0 spiro atoms. The van der Waals surface area contributed by atoms with Crippen molar-refractivity contribution in [1.29, 1.82) is 0 Å². The van der Waals surface area contributed by atoms with Crippen LogP contribution in [0, 0.1) is 0 Å². The van der Waals surface area contributed by atoms with Crippen molar-refractivity contribution in [3.8, 4) is 0 Å². The molecule has 0 aromatic heterocycles. The van der Waals surface area contributed by atoms with E-state index in [1.165, 1.54) is 12.0 Å². The largest absolute Gasteiger partial charge is 0.312 e. The molecule has 1 aliphatic rings. The van der Waals surface area contributed by atoms with Crippen molar-refractivity contribution >= 4 is 11.6 Å². The monoisotopic (exact) mass is 264 g/mol. The number of hydrogen-bond donors (Lipinski definition) is 1. The van der Waals surface area contributed by atoms with Gasteiger partial charge in [-0.15, -0.1) is 0 Å². The maximum atomic E-state index is 5.92. The van der Waals surface area contributed by atoms with E-state index < -0.39 is 0 Å². The Bertz CT molecular complexity index is 377. The van der Waals surface area contributed by atoms with Gasteiger partial charge in [0, 0.05) is 24.2 Å². The summed E-state index contributed by atoms with van der Waals surface area (Å²) in [7, 11) is 0. The summed E-state index contributed by atoms with van der Waals surface area (Å²) < 4.78 is 0. The molecule has 0 radical (unpaired) electrons. The molecule has 1 aliphatic heterocycles. The molecule has 2 rings (SSSR count). The second-order valence-electron chi connectivity index (χ2n) is 4.95. The van der Waals surface area contributed by atoms with E-state index in [4.69, 9.17) is 11.6 Å². The zero-order chi connectivity index (χ0) is 12.8. The molecule has 3 heteroatoms. The van der Waals surface area contributed by atoms with Crippen LogP contribution < -0.4 is 5.32 Å². The highest BCUT2D eigenvalue weighted by molar-refractivity contribution is 6.29. The number of hydrogen-bond acceptors (Lipinski definition) is 2. The predicted molar refractivity (Wildman–Crippen MR) is 78.0 cm³/mol. The summed E-state index contributed by atoms with van der Waals surface area (Å²) in [4.78, 5) is 2.39. The molecule has 0 aliphatic carbocycles. The quantitative estimate of drug-likeness (QED) is 0.900. The van der Waals surface area contributed by atoms with Crippen molar-refractivity contribution in [2.24, 2.45) is 0 Å². The van der Waals surface area contributed by atoms with E-state index in [0.29, 0.717) is 6.04 Å². The normalized spacial score (nSPS) is 21.5. The van der Waals surface area contributed by atoms with Gasteiger partial charge in [0.25, 0.3) is 0 Å². The molecule has 1 N–H and O–H groups in total. The van der Waals surface area contributed by atoms with E-state index in [-0.39, 0.29) is 0 Å². The van der Waals surface area contributed by atoms with Crippen molar-refractivity contribution in [3.63, 3.8) is 0 Å². The second-order valence-corrected chi connectivity index (χ2v) is 5.48. The summed E-state index contributed by atoms with van der Waals surface area (Å²) >= 11 is 5.92. The number of benzene rings is 1. The molecular weight excluding hydrogens is 244 g/mol. The molecule has 1 saturated heterocycles. The first-order valence-corrected chi connectivity index (χ1v) is 6.95. The van der Waals surface area contributed by atoms with Crippen LogP contribution in [0.2, 0.25) is 0 Å². The first-order valence-electron chi connectivity index (χ1n) is 6.57. The molecule has 1 aromatic rings. The number of nitrogens with one attached hydrogen (secondary N) is 1. The van der Waals surface area contributed by atoms with Gasteiger partial charge in [0.2, 0.25) is 0 Å². The lowest BCUT2D eigenvalue weighted by molar-refractivity contribution is 0.292. The molecule has 98 valence electrons. The second kappa shape index (κ2) is 6.93. The van der Waals surface area contributed by atoms with E-state index in [9.17, 15) is 0 Å². The Morgan fingerprint density at radius 2 is 2.17 bits per heavy atom. The molecule has 0 bridgehead atoms. The lowest BCUT2D eigenvalue weighted by atomic mass is 10.1. The van der Waals surface area contributed by atoms with E-state index in [0.717, 1.165) is 37.6 Å². The standard InChI is InChI=1S/C15H21ClN2/c1-13(16)11-18-9-5-8-17-15(12-18)10-14-6-3-2-4-7-14/h2-4,6-7,15,17H,1,5,8-12H2. The molecule has 1 heterocycles. The zero-order valence-corrected chi connectivity index (χ0v) is 11.5. The van der Waals surface area contributed by atoms with Gasteiger partial charge in [0.15, 0.2) is 0 Å². The van der Waals surface area contributed by atoms with Gasteiger partial charge in [0.1, 0.15) is 0 Å². The van der Waals surface area contributed by atoms with E-state index in [1.54, 1.807) is 0 Å². The summed E-state index contributed by atoms with van der Waals surface area (Å²) in [6.07, 6.45) is 2.25. The summed E-state index contributed by atoms with van der Waals surface area (Å²) in [6.45, 7) is 7.82. The average Bonchev–Trinajstić information content (AvgIpc) is 2.55. The fraction of sp³-hybridized carbons (Fsp3) is 0.467. The fourth-order valence-electron chi connectivity index (χ4n) is 2.50. The van der Waals surface area contributed by atoms with Crippen LogP contribution in [0.1, 0.15) is 12.0 Å². The highest BCUT2D eigenvalue weighted by Crippen LogP contribution is 2.10. The summed E-state index contributed by atoms with van der Waals surface area (Å²) in [6, 6.07) is 11.2. The van der Waals surface area contributed by atoms with Crippen LogP contribution in [0.5, 0.6) is 0 Å². The number of rotatable bonds is 4. The van der Waals surface area contributed by atoms with Crippen molar-refractivity contribution in [2.45, 2.75) is 18.9 Å². The van der Waals surface area contributed by atoms with Gasteiger partial charge in [-0.05, 0) is 31.5 Å². The third-order valence-electron chi connectivity index (χ3n) is 3.28. The Morgan fingerprint density at radius 3 is 2.89 bits per heavy atom. The summed E-state index contributed by atoms with van der Waals surface area (Å²) in [5.74, 6) is 0. The van der Waals surface area contributed by atoms with Crippen LogP contribution >= 0.6 is 11.6 Å². The van der Waals surface area contributed by atoms with Crippen molar-refractivity contribution in [2.75, 3.05) is 26.2 Å². The minimum Gasteiger partial charge on any atom is -0.312 e. The van der Waals surface area contributed by atoms with Gasteiger partial charge in [-0.25, -0.2) is 0 Å². The van der Waals surface area contributed by atoms with E-state index in [2.05, 4.69) is 47.1 Å². The maximum Gasteiger partial charge on any atom is 0.0336 e. The van der Waals surface area contributed by atoms with E-state index in [1.807, 2.05) is 0 Å². The third-order valence-corrected chi connectivity index (χ3v) is 3.40. The van der Waals surface area contributed by atoms with Crippen LogP contribution in [-0.2, 0) is 6.42 Å². The van der Waals surface area contributed by atoms with Gasteiger partial charge >= 0.3 is 0 Å². The average molecular weight is 265 g/mol. The number of nitrogens with zero attached hydrogens (tertiary/aromatic N) is 1. The predicted octanol–water partition coefficient (Wildman–Crippen LogP) is 2.65. The first kappa shape index (κ1) is 13.6. The Labute approximate surface area is 115 Å². The zero-order valence-electron chi connectivity index (χ0n) is 10.7. The minimum absolute atomic E-state index is 0.505. The molecule has 18 heavy (non-hydrogen) atoms. The summed E-state index contributed by atoms with van der Waals surface area (Å²) in [5, 5.41) is 4.35. The molecular formula is C15H21ClN2. The van der Waals surface area contributed by atoms with Crippen LogP contribution in [0.4, 0.5) is 0 Å². The van der Waals surface area contributed by atoms with E-state index >= 15 is 0 Å². The van der Waals surface area contributed by atoms with Crippen LogP contribution in [0.15, 0.2) is 41.9 Å². The maximum absolute atomic E-state index is 5.92. The SMILES string of the molecule is C=C(Cl)CN1CCCNC(Cc2ccccc2)C1. The molecule has 0 amide bonds. The third kappa shape index (κ3) is 4.45. The van der Waals surface area contributed by atoms with Gasteiger partial charge in [0.05, 0.1) is 0 Å². The summed E-state index contributed by atoms with van der Waals surface area (Å²) in [5.41, 5.74) is 1.39. The molecule has 1 fully saturated rings. The lowest BCUT2D eigenvalue weighted by Crippen LogP contribution is -2.39. The van der Waals surface area contributed by atoms with Gasteiger partial charge in [-0.1, -0.05) is 48.5 Å². The van der Waals surface area contributed by atoms with Gasteiger partial charge in [-0.2, -0.15) is 0 Å². The Balaban J connectivity index is 1.92. The molecule has 0 saturated carbocycles. The highest BCUT2D eigenvalue weighted by Gasteiger charge is 2.17. The Morgan fingerprint density at radius 1 is 1.39 bits per heavy atom. The van der Waals surface area contributed by atoms with Gasteiger partial charge in [-0.3, -0.25) is 4.90 Å². The van der Waals surface area contributed by atoms with Crippen LogP contribution in [0.25, 0.3) is 0 Å². The van der Waals surface area contributed by atoms with Crippen molar-refractivity contribution in [3.05, 3.63) is 47.5 Å². The Kier molecular flexibility index (Phi) is 5.24. The lowest BCUT2D eigenvalue weighted by Gasteiger charge is -2.24. The molecule has 2 nitrogen and oxygen atoms in total. The van der Waals surface area contributed by atoms with Gasteiger partial charge < -0.3 is 5.32 Å². The molecule has 1 aromatic carbocycles. The number of halogens is 1. The van der Waals surface area contributed by atoms with Crippen LogP contribution in [0.3, 0.4) is 0 Å². The Hall–Kier alpha value is -0.830. The highest BCUT2D eigenvalue weighted by atomic mass is 35.5. The topological polar surface area (TPSA) is 15.3 Å². The van der Waals surface area contributed by atoms with Crippen molar-refractivity contribution in [1.82, 2.24) is 10.2 Å². The molecule has 1 atom stereocenters. The first-order chi connectivity index (χ1) is 8.74. The fourth-order valence-corrected chi connectivity index (χ4v) is 2.67. The van der Waals surface area contributed by atoms with Crippen LogP contribution in [-0.4, -0.2) is 37.1 Å². The minimum atomic E-state index is 0.505. The smallest absolute Gasteiger partial charge is 0.0336 e. The van der Waals surface area contributed by atoms with Crippen molar-refractivity contribution < 1.29 is 0 Å².